The van der Waals surface area contributed by atoms with Crippen molar-refractivity contribution in [3.8, 4) is 5.75 Å². The molecule has 0 fully saturated rings. The van der Waals surface area contributed by atoms with E-state index in [9.17, 15) is 9.90 Å². The lowest BCUT2D eigenvalue weighted by Crippen LogP contribution is -2.25. The van der Waals surface area contributed by atoms with Crippen molar-refractivity contribution >= 4 is 5.97 Å². The molecule has 1 aromatic rings. The number of carbonyl (C=O) groups excluding carboxylic acids is 1. The zero-order chi connectivity index (χ0) is 17.8. The molecule has 0 aromatic heterocycles. The van der Waals surface area contributed by atoms with Crippen LogP contribution in [0.3, 0.4) is 0 Å². The van der Waals surface area contributed by atoms with Gasteiger partial charge in [-0.05, 0) is 41.9 Å². The van der Waals surface area contributed by atoms with Crippen molar-refractivity contribution in [2.24, 2.45) is 5.41 Å². The molecule has 4 nitrogen and oxygen atoms in total. The zero-order valence-corrected chi connectivity index (χ0v) is 15.4. The van der Waals surface area contributed by atoms with Gasteiger partial charge in [-0.3, -0.25) is 0 Å². The highest BCUT2D eigenvalue weighted by Gasteiger charge is 2.30. The van der Waals surface area contributed by atoms with Crippen LogP contribution < -0.4 is 4.74 Å². The lowest BCUT2D eigenvalue weighted by molar-refractivity contribution is -0.153. The summed E-state index contributed by atoms with van der Waals surface area (Å²) in [5, 5.41) is 10.3. The van der Waals surface area contributed by atoms with E-state index in [2.05, 4.69) is 34.6 Å². The number of benzene rings is 1. The molecule has 0 bridgehead atoms. The molecule has 1 unspecified atom stereocenters. The van der Waals surface area contributed by atoms with Gasteiger partial charge in [-0.2, -0.15) is 0 Å². The van der Waals surface area contributed by atoms with Crippen LogP contribution >= 0.6 is 0 Å². The van der Waals surface area contributed by atoms with Crippen LogP contribution in [0.4, 0.5) is 0 Å². The molecule has 1 N–H and O–H groups in total. The van der Waals surface area contributed by atoms with Crippen LogP contribution in [-0.2, 0) is 14.9 Å². The van der Waals surface area contributed by atoms with Crippen LogP contribution in [0.5, 0.6) is 5.75 Å². The standard InChI is InChI=1S/C19H30O4/c1-8-23-17(21)16(20)14-11-13(9-10-15(14)22-7)19(5,6)12-18(2,3)4/h9-11,16,20H,8,12H2,1-7H3. The van der Waals surface area contributed by atoms with Gasteiger partial charge in [0.2, 0.25) is 0 Å². The molecular weight excluding hydrogens is 292 g/mol. The highest BCUT2D eigenvalue weighted by Crippen LogP contribution is 2.38. The maximum Gasteiger partial charge on any atom is 0.339 e. The van der Waals surface area contributed by atoms with Crippen LogP contribution in [-0.4, -0.2) is 24.8 Å². The molecule has 0 saturated carbocycles. The van der Waals surface area contributed by atoms with Gasteiger partial charge in [0.25, 0.3) is 0 Å². The van der Waals surface area contributed by atoms with Crippen molar-refractivity contribution in [2.75, 3.05) is 13.7 Å². The third-order valence-corrected chi connectivity index (χ3v) is 3.79. The van der Waals surface area contributed by atoms with Gasteiger partial charge in [-0.15, -0.1) is 0 Å². The van der Waals surface area contributed by atoms with Gasteiger partial charge in [0, 0.05) is 5.56 Å². The average molecular weight is 322 g/mol. The molecule has 0 spiro atoms. The summed E-state index contributed by atoms with van der Waals surface area (Å²) in [5.41, 5.74) is 1.59. The van der Waals surface area contributed by atoms with E-state index in [-0.39, 0.29) is 17.4 Å². The molecule has 0 aliphatic rings. The summed E-state index contributed by atoms with van der Waals surface area (Å²) in [4.78, 5) is 11.9. The Hall–Kier alpha value is -1.55. The Balaban J connectivity index is 3.24. The monoisotopic (exact) mass is 322 g/mol. The minimum atomic E-state index is -1.34. The van der Waals surface area contributed by atoms with E-state index in [4.69, 9.17) is 9.47 Å². The molecule has 1 atom stereocenters. The Morgan fingerprint density at radius 1 is 1.22 bits per heavy atom. The van der Waals surface area contributed by atoms with Crippen molar-refractivity contribution in [3.63, 3.8) is 0 Å². The Morgan fingerprint density at radius 3 is 2.30 bits per heavy atom. The molecule has 0 aliphatic heterocycles. The van der Waals surface area contributed by atoms with E-state index < -0.39 is 12.1 Å². The summed E-state index contributed by atoms with van der Waals surface area (Å²) < 4.78 is 10.2. The van der Waals surface area contributed by atoms with E-state index in [1.807, 2.05) is 12.1 Å². The first kappa shape index (κ1) is 19.5. The van der Waals surface area contributed by atoms with Gasteiger partial charge >= 0.3 is 5.97 Å². The molecule has 0 heterocycles. The molecule has 0 radical (unpaired) electrons. The van der Waals surface area contributed by atoms with Crippen molar-refractivity contribution in [1.29, 1.82) is 0 Å². The van der Waals surface area contributed by atoms with E-state index in [1.54, 1.807) is 13.0 Å². The van der Waals surface area contributed by atoms with E-state index in [0.29, 0.717) is 11.3 Å². The predicted octanol–water partition coefficient (Wildman–Crippen LogP) is 4.01. The summed E-state index contributed by atoms with van der Waals surface area (Å²) in [6.45, 7) is 12.9. The van der Waals surface area contributed by atoms with Crippen LogP contribution in [0.25, 0.3) is 0 Å². The summed E-state index contributed by atoms with van der Waals surface area (Å²) in [6.07, 6.45) is -0.364. The fraction of sp³-hybridized carbons (Fsp3) is 0.632. The first-order chi connectivity index (χ1) is 10.5. The van der Waals surface area contributed by atoms with E-state index >= 15 is 0 Å². The Morgan fingerprint density at radius 2 is 1.83 bits per heavy atom. The SMILES string of the molecule is CCOC(=O)C(O)c1cc(C(C)(C)CC(C)(C)C)ccc1OC. The minimum Gasteiger partial charge on any atom is -0.496 e. The molecule has 130 valence electrons. The van der Waals surface area contributed by atoms with Crippen LogP contribution in [0, 0.1) is 5.41 Å². The van der Waals surface area contributed by atoms with Gasteiger partial charge < -0.3 is 14.6 Å². The number of carbonyl (C=O) groups is 1. The second kappa shape index (κ2) is 7.35. The number of rotatable bonds is 6. The normalized spacial score (nSPS) is 13.6. The van der Waals surface area contributed by atoms with Crippen LogP contribution in [0.15, 0.2) is 18.2 Å². The fourth-order valence-corrected chi connectivity index (χ4v) is 3.15. The average Bonchev–Trinajstić information content (AvgIpc) is 2.43. The summed E-state index contributed by atoms with van der Waals surface area (Å²) in [6, 6.07) is 5.65. The highest BCUT2D eigenvalue weighted by molar-refractivity contribution is 5.77. The molecular formula is C19H30O4. The summed E-state index contributed by atoms with van der Waals surface area (Å²) >= 11 is 0. The molecule has 23 heavy (non-hydrogen) atoms. The third kappa shape index (κ3) is 5.24. The number of ether oxygens (including phenoxy) is 2. The lowest BCUT2D eigenvalue weighted by atomic mass is 9.72. The number of aliphatic hydroxyl groups excluding tert-OH is 1. The Labute approximate surface area is 139 Å². The number of aliphatic hydroxyl groups is 1. The Bertz CT molecular complexity index is 541. The van der Waals surface area contributed by atoms with Gasteiger partial charge in [-0.1, -0.05) is 40.7 Å². The lowest BCUT2D eigenvalue weighted by Gasteiger charge is -2.33. The maximum absolute atomic E-state index is 11.9. The van der Waals surface area contributed by atoms with Crippen LogP contribution in [0.2, 0.25) is 0 Å². The van der Waals surface area contributed by atoms with E-state index in [0.717, 1.165) is 12.0 Å². The summed E-state index contributed by atoms with van der Waals surface area (Å²) in [5.74, 6) is -0.169. The smallest absolute Gasteiger partial charge is 0.339 e. The second-order valence-corrected chi connectivity index (χ2v) is 7.73. The predicted molar refractivity (Wildman–Crippen MR) is 91.7 cm³/mol. The fourth-order valence-electron chi connectivity index (χ4n) is 3.15. The molecule has 0 saturated heterocycles. The van der Waals surface area contributed by atoms with Gasteiger partial charge in [-0.25, -0.2) is 4.79 Å². The van der Waals surface area contributed by atoms with Crippen molar-refractivity contribution in [3.05, 3.63) is 29.3 Å². The molecule has 4 heteroatoms. The highest BCUT2D eigenvalue weighted by atomic mass is 16.5. The molecule has 1 aromatic carbocycles. The van der Waals surface area contributed by atoms with Crippen molar-refractivity contribution in [1.82, 2.24) is 0 Å². The van der Waals surface area contributed by atoms with Crippen molar-refractivity contribution in [2.45, 2.75) is 59.5 Å². The van der Waals surface area contributed by atoms with Gasteiger partial charge in [0.15, 0.2) is 6.10 Å². The number of esters is 1. The largest absolute Gasteiger partial charge is 0.496 e. The molecule has 0 amide bonds. The topological polar surface area (TPSA) is 55.8 Å². The van der Waals surface area contributed by atoms with E-state index in [1.165, 1.54) is 7.11 Å². The maximum atomic E-state index is 11.9. The van der Waals surface area contributed by atoms with Crippen molar-refractivity contribution < 1.29 is 19.4 Å². The van der Waals surface area contributed by atoms with Gasteiger partial charge in [0.05, 0.1) is 13.7 Å². The molecule has 0 aliphatic carbocycles. The number of methoxy groups -OCH3 is 1. The van der Waals surface area contributed by atoms with Gasteiger partial charge in [0.1, 0.15) is 5.75 Å². The summed E-state index contributed by atoms with van der Waals surface area (Å²) in [7, 11) is 1.52. The number of hydrogen-bond donors (Lipinski definition) is 1. The first-order valence-corrected chi connectivity index (χ1v) is 8.05. The molecule has 1 rings (SSSR count). The number of hydrogen-bond acceptors (Lipinski definition) is 4. The second-order valence-electron chi connectivity index (χ2n) is 7.73. The van der Waals surface area contributed by atoms with Crippen LogP contribution in [0.1, 0.15) is 65.2 Å². The zero-order valence-electron chi connectivity index (χ0n) is 15.4. The minimum absolute atomic E-state index is 0.0896. The quantitative estimate of drug-likeness (QED) is 0.804. The first-order valence-electron chi connectivity index (χ1n) is 8.05. The third-order valence-electron chi connectivity index (χ3n) is 3.79. The Kier molecular flexibility index (Phi) is 6.23.